The molecule has 1 saturated carbocycles. The van der Waals surface area contributed by atoms with Crippen LogP contribution in [0.1, 0.15) is 56.1 Å². The number of nitrogens with one attached hydrogen (secondary N) is 2. The van der Waals surface area contributed by atoms with Crippen molar-refractivity contribution in [2.24, 2.45) is 5.92 Å². The largest absolute Gasteiger partial charge is 0.481 e. The summed E-state index contributed by atoms with van der Waals surface area (Å²) in [5, 5.41) is 14.6. The normalized spacial score (nSPS) is 16.3. The number of carbonyl (C=O) groups excluding carboxylic acids is 2. The summed E-state index contributed by atoms with van der Waals surface area (Å²) in [5.74, 6) is -0.957. The third kappa shape index (κ3) is 5.53. The Kier molecular flexibility index (Phi) is 6.67. The molecule has 0 spiro atoms. The van der Waals surface area contributed by atoms with E-state index in [1.54, 1.807) is 0 Å². The summed E-state index contributed by atoms with van der Waals surface area (Å²) in [6.07, 6.45) is 1.85. The summed E-state index contributed by atoms with van der Waals surface area (Å²) >= 11 is 0. The minimum Gasteiger partial charge on any atom is -0.481 e. The lowest BCUT2D eigenvalue weighted by Crippen LogP contribution is -2.39. The molecule has 2 aliphatic rings. The minimum atomic E-state index is -0.895. The Balaban J connectivity index is 1.19. The van der Waals surface area contributed by atoms with Gasteiger partial charge in [0.05, 0.1) is 12.0 Å². The Morgan fingerprint density at radius 3 is 2.24 bits per heavy atom. The van der Waals surface area contributed by atoms with E-state index in [1.165, 1.54) is 22.3 Å². The molecule has 4 rings (SSSR count). The number of hydrogen-bond acceptors (Lipinski definition) is 4. The number of ether oxygens (including phenoxy) is 1. The first-order valence-corrected chi connectivity index (χ1v) is 11.5. The van der Waals surface area contributed by atoms with Gasteiger partial charge in [-0.2, -0.15) is 0 Å². The molecule has 2 aromatic carbocycles. The second-order valence-corrected chi connectivity index (χ2v) is 9.25. The van der Waals surface area contributed by atoms with E-state index < -0.39 is 17.6 Å². The number of alkyl carbamates (subject to hydrolysis) is 1. The zero-order valence-electron chi connectivity index (χ0n) is 18.8. The predicted octanol–water partition coefficient (Wildman–Crippen LogP) is 4.06. The Morgan fingerprint density at radius 1 is 1.06 bits per heavy atom. The van der Waals surface area contributed by atoms with Crippen molar-refractivity contribution in [3.8, 4) is 11.1 Å². The first-order chi connectivity index (χ1) is 15.9. The number of benzene rings is 2. The van der Waals surface area contributed by atoms with Crippen LogP contribution in [0, 0.1) is 5.92 Å². The topological polar surface area (TPSA) is 105 Å². The van der Waals surface area contributed by atoms with E-state index >= 15 is 0 Å². The van der Waals surface area contributed by atoms with Crippen molar-refractivity contribution in [2.45, 2.75) is 50.5 Å². The van der Waals surface area contributed by atoms with Crippen molar-refractivity contribution in [1.29, 1.82) is 0 Å². The summed E-state index contributed by atoms with van der Waals surface area (Å²) in [5.41, 5.74) is 4.16. The van der Waals surface area contributed by atoms with Gasteiger partial charge in [-0.05, 0) is 47.4 Å². The molecular formula is C26H30N2O5. The van der Waals surface area contributed by atoms with Crippen molar-refractivity contribution < 1.29 is 24.2 Å². The average molecular weight is 451 g/mol. The van der Waals surface area contributed by atoms with Gasteiger partial charge in [0.1, 0.15) is 6.61 Å². The molecular weight excluding hydrogens is 420 g/mol. The molecule has 174 valence electrons. The van der Waals surface area contributed by atoms with E-state index in [9.17, 15) is 14.4 Å². The molecule has 2 amide bonds. The second kappa shape index (κ2) is 9.65. The summed E-state index contributed by atoms with van der Waals surface area (Å²) < 4.78 is 5.53. The molecule has 0 aliphatic heterocycles. The van der Waals surface area contributed by atoms with E-state index in [0.29, 0.717) is 32.2 Å². The van der Waals surface area contributed by atoms with Crippen LogP contribution >= 0.6 is 0 Å². The Hall–Kier alpha value is -3.35. The number of rotatable bonds is 10. The first kappa shape index (κ1) is 22.8. The molecule has 0 saturated heterocycles. The van der Waals surface area contributed by atoms with Gasteiger partial charge in [-0.25, -0.2) is 4.79 Å². The van der Waals surface area contributed by atoms with Gasteiger partial charge in [-0.3, -0.25) is 9.59 Å². The number of amides is 2. The number of carboxylic acids is 1. The van der Waals surface area contributed by atoms with Crippen LogP contribution in [-0.4, -0.2) is 41.8 Å². The lowest BCUT2D eigenvalue weighted by atomic mass is 9.98. The number of fused-ring (bicyclic) bond motifs is 3. The van der Waals surface area contributed by atoms with Crippen molar-refractivity contribution in [2.75, 3.05) is 13.2 Å². The van der Waals surface area contributed by atoms with Crippen molar-refractivity contribution in [1.82, 2.24) is 10.6 Å². The molecule has 3 N–H and O–H groups in total. The van der Waals surface area contributed by atoms with E-state index in [4.69, 9.17) is 9.84 Å². The lowest BCUT2D eigenvalue weighted by molar-refractivity contribution is -0.138. The van der Waals surface area contributed by atoms with Crippen molar-refractivity contribution in [3.05, 3.63) is 59.7 Å². The highest BCUT2D eigenvalue weighted by Gasteiger charge is 2.45. The molecule has 2 aliphatic carbocycles. The quantitative estimate of drug-likeness (QED) is 0.506. The molecule has 1 fully saturated rings. The highest BCUT2D eigenvalue weighted by Crippen LogP contribution is 2.44. The highest BCUT2D eigenvalue weighted by molar-refractivity contribution is 5.80. The van der Waals surface area contributed by atoms with Gasteiger partial charge in [-0.1, -0.05) is 55.5 Å². The molecule has 1 unspecified atom stereocenters. The van der Waals surface area contributed by atoms with Crippen molar-refractivity contribution in [3.63, 3.8) is 0 Å². The number of carboxylic acid groups (broad SMARTS) is 1. The fourth-order valence-electron chi connectivity index (χ4n) is 4.62. The SMILES string of the molecule is CC(CCNC(=O)OCC1c2ccccc2-c2ccccc21)CC(=O)NC1(CC(=O)O)CC1. The van der Waals surface area contributed by atoms with Crippen LogP contribution in [0.4, 0.5) is 4.79 Å². The Bertz CT molecular complexity index is 1000. The third-order valence-electron chi connectivity index (χ3n) is 6.53. The maximum absolute atomic E-state index is 12.3. The highest BCUT2D eigenvalue weighted by atomic mass is 16.5. The van der Waals surface area contributed by atoms with Gasteiger partial charge in [0, 0.05) is 18.9 Å². The van der Waals surface area contributed by atoms with Gasteiger partial charge >= 0.3 is 12.1 Å². The molecule has 0 radical (unpaired) electrons. The van der Waals surface area contributed by atoms with E-state index in [1.807, 2.05) is 31.2 Å². The van der Waals surface area contributed by atoms with Gasteiger partial charge in [0.25, 0.3) is 0 Å². The van der Waals surface area contributed by atoms with Crippen LogP contribution < -0.4 is 10.6 Å². The summed E-state index contributed by atoms with van der Waals surface area (Å²) in [4.78, 5) is 35.4. The van der Waals surface area contributed by atoms with Crippen LogP contribution in [0.25, 0.3) is 11.1 Å². The van der Waals surface area contributed by atoms with Crippen LogP contribution in [0.15, 0.2) is 48.5 Å². The molecule has 2 aromatic rings. The molecule has 0 bridgehead atoms. The maximum Gasteiger partial charge on any atom is 0.407 e. The minimum absolute atomic E-state index is 0.0197. The molecule has 0 aromatic heterocycles. The van der Waals surface area contributed by atoms with Gasteiger partial charge in [0.2, 0.25) is 5.91 Å². The zero-order valence-corrected chi connectivity index (χ0v) is 18.8. The smallest absolute Gasteiger partial charge is 0.407 e. The second-order valence-electron chi connectivity index (χ2n) is 9.25. The van der Waals surface area contributed by atoms with Gasteiger partial charge in [-0.15, -0.1) is 0 Å². The number of carbonyl (C=O) groups is 3. The van der Waals surface area contributed by atoms with Crippen LogP contribution in [0.5, 0.6) is 0 Å². The lowest BCUT2D eigenvalue weighted by Gasteiger charge is -2.18. The fraction of sp³-hybridized carbons (Fsp3) is 0.423. The van der Waals surface area contributed by atoms with Gasteiger partial charge < -0.3 is 20.5 Å². The van der Waals surface area contributed by atoms with Crippen LogP contribution in [0.3, 0.4) is 0 Å². The summed E-state index contributed by atoms with van der Waals surface area (Å²) in [6.45, 7) is 2.62. The fourth-order valence-corrected chi connectivity index (χ4v) is 4.62. The molecule has 33 heavy (non-hydrogen) atoms. The standard InChI is InChI=1S/C26H30N2O5/c1-17(14-23(29)28-26(11-12-26)15-24(30)31)10-13-27-25(32)33-16-22-20-8-4-2-6-18(20)19-7-3-5-9-21(19)22/h2-9,17,22H,10-16H2,1H3,(H,27,32)(H,28,29)(H,30,31). The summed E-state index contributed by atoms with van der Waals surface area (Å²) in [6, 6.07) is 16.4. The maximum atomic E-state index is 12.3. The van der Waals surface area contributed by atoms with E-state index in [0.717, 1.165) is 0 Å². The first-order valence-electron chi connectivity index (χ1n) is 11.5. The Labute approximate surface area is 193 Å². The van der Waals surface area contributed by atoms with Gasteiger partial charge in [0.15, 0.2) is 0 Å². The van der Waals surface area contributed by atoms with Crippen LogP contribution in [-0.2, 0) is 14.3 Å². The average Bonchev–Trinajstić information content (AvgIpc) is 3.43. The number of hydrogen-bond donors (Lipinski definition) is 3. The summed E-state index contributed by atoms with van der Waals surface area (Å²) in [7, 11) is 0. The number of aliphatic carboxylic acids is 1. The zero-order chi connectivity index (χ0) is 23.4. The van der Waals surface area contributed by atoms with Crippen molar-refractivity contribution >= 4 is 18.0 Å². The molecule has 1 atom stereocenters. The predicted molar refractivity (Wildman–Crippen MR) is 124 cm³/mol. The molecule has 0 heterocycles. The molecule has 7 nitrogen and oxygen atoms in total. The monoisotopic (exact) mass is 450 g/mol. The Morgan fingerprint density at radius 2 is 1.67 bits per heavy atom. The molecule has 7 heteroatoms. The van der Waals surface area contributed by atoms with E-state index in [2.05, 4.69) is 34.9 Å². The van der Waals surface area contributed by atoms with Crippen LogP contribution in [0.2, 0.25) is 0 Å². The van der Waals surface area contributed by atoms with E-state index in [-0.39, 0.29) is 30.8 Å². The third-order valence-corrected chi connectivity index (χ3v) is 6.53.